The molecule has 0 saturated carbocycles. The molecule has 4 heteroatoms. The van der Waals surface area contributed by atoms with E-state index in [-0.39, 0.29) is 6.61 Å². The molecule has 0 saturated heterocycles. The van der Waals surface area contributed by atoms with E-state index in [0.717, 1.165) is 15.6 Å². The average molecular weight is 349 g/mol. The summed E-state index contributed by atoms with van der Waals surface area (Å²) in [5, 5.41) is 0. The van der Waals surface area contributed by atoms with Gasteiger partial charge in [-0.15, -0.1) is 0 Å². The zero-order chi connectivity index (χ0) is 14.4. The summed E-state index contributed by atoms with van der Waals surface area (Å²) in [6.45, 7) is 2.11. The molecular weight excluding hydrogens is 336 g/mol. The van der Waals surface area contributed by atoms with Gasteiger partial charge < -0.3 is 0 Å². The van der Waals surface area contributed by atoms with Crippen molar-refractivity contribution in [2.75, 3.05) is 6.61 Å². The standard InChI is InChI=1S/C16H13BrO2S/c1-13-8-10-15(11-9-13)20(18)19-12-4-6-14-5-2-3-7-16(14)17/h2-3,5,7-11H,12H2,1H3/t20-/m0/s1. The summed E-state index contributed by atoms with van der Waals surface area (Å²) in [4.78, 5) is 0.651. The molecule has 0 aliphatic carbocycles. The third kappa shape index (κ3) is 4.31. The average Bonchev–Trinajstić information content (AvgIpc) is 2.46. The molecule has 0 aliphatic heterocycles. The Hall–Kier alpha value is -1.41. The van der Waals surface area contributed by atoms with E-state index in [2.05, 4.69) is 27.8 Å². The van der Waals surface area contributed by atoms with Crippen molar-refractivity contribution in [3.63, 3.8) is 0 Å². The van der Waals surface area contributed by atoms with Crippen LogP contribution < -0.4 is 0 Å². The minimum Gasteiger partial charge on any atom is -0.274 e. The molecule has 0 spiro atoms. The Balaban J connectivity index is 1.92. The van der Waals surface area contributed by atoms with Gasteiger partial charge >= 0.3 is 0 Å². The van der Waals surface area contributed by atoms with Crippen molar-refractivity contribution in [3.8, 4) is 11.8 Å². The Kier molecular flexibility index (Phi) is 5.54. The SMILES string of the molecule is Cc1ccc([S@@](=O)OCC#Cc2ccccc2Br)cc1. The van der Waals surface area contributed by atoms with Crippen LogP contribution in [0.15, 0.2) is 57.9 Å². The highest BCUT2D eigenvalue weighted by atomic mass is 79.9. The lowest BCUT2D eigenvalue weighted by atomic mass is 10.2. The van der Waals surface area contributed by atoms with Crippen molar-refractivity contribution in [2.45, 2.75) is 11.8 Å². The Morgan fingerprint density at radius 2 is 1.85 bits per heavy atom. The van der Waals surface area contributed by atoms with Crippen molar-refractivity contribution in [3.05, 3.63) is 64.1 Å². The largest absolute Gasteiger partial charge is 0.274 e. The van der Waals surface area contributed by atoms with Gasteiger partial charge in [-0.2, -0.15) is 0 Å². The quantitative estimate of drug-likeness (QED) is 0.787. The number of hydrogen-bond acceptors (Lipinski definition) is 2. The first-order chi connectivity index (χ1) is 9.66. The molecule has 0 fully saturated rings. The lowest BCUT2D eigenvalue weighted by Gasteiger charge is -2.00. The van der Waals surface area contributed by atoms with Crippen molar-refractivity contribution >= 4 is 27.0 Å². The topological polar surface area (TPSA) is 26.3 Å². The summed E-state index contributed by atoms with van der Waals surface area (Å²) in [5.41, 5.74) is 2.01. The molecule has 0 radical (unpaired) electrons. The summed E-state index contributed by atoms with van der Waals surface area (Å²) < 4.78 is 18.0. The number of benzene rings is 2. The van der Waals surface area contributed by atoms with Gasteiger partial charge in [0, 0.05) is 10.0 Å². The summed E-state index contributed by atoms with van der Waals surface area (Å²) >= 11 is 1.95. The molecule has 2 aromatic rings. The van der Waals surface area contributed by atoms with E-state index in [1.165, 1.54) is 0 Å². The van der Waals surface area contributed by atoms with E-state index in [1.807, 2.05) is 43.3 Å². The van der Waals surface area contributed by atoms with Crippen molar-refractivity contribution in [1.29, 1.82) is 0 Å². The van der Waals surface area contributed by atoms with Gasteiger partial charge in [0.15, 0.2) is 11.1 Å². The summed E-state index contributed by atoms with van der Waals surface area (Å²) in [5.74, 6) is 5.83. The van der Waals surface area contributed by atoms with Crippen LogP contribution in [0.1, 0.15) is 11.1 Å². The van der Waals surface area contributed by atoms with Gasteiger partial charge in [0.2, 0.25) is 0 Å². The van der Waals surface area contributed by atoms with Crippen molar-refractivity contribution < 1.29 is 8.39 Å². The van der Waals surface area contributed by atoms with Crippen LogP contribution in [0.4, 0.5) is 0 Å². The van der Waals surface area contributed by atoms with Gasteiger partial charge in [-0.1, -0.05) is 41.7 Å². The second-order valence-corrected chi connectivity index (χ2v) is 6.12. The molecule has 2 aromatic carbocycles. The number of halogens is 1. The van der Waals surface area contributed by atoms with Crippen LogP contribution in [0.25, 0.3) is 0 Å². The highest BCUT2D eigenvalue weighted by Crippen LogP contribution is 2.14. The predicted octanol–water partition coefficient (Wildman–Crippen LogP) is 3.85. The zero-order valence-corrected chi connectivity index (χ0v) is 13.3. The lowest BCUT2D eigenvalue weighted by molar-refractivity contribution is 0.402. The molecule has 102 valence electrons. The fourth-order valence-corrected chi connectivity index (χ4v) is 2.54. The fraction of sp³-hybridized carbons (Fsp3) is 0.125. The van der Waals surface area contributed by atoms with E-state index in [0.29, 0.717) is 4.90 Å². The van der Waals surface area contributed by atoms with Gasteiger partial charge in [0.25, 0.3) is 0 Å². The summed E-state index contributed by atoms with van der Waals surface area (Å²) in [6, 6.07) is 15.1. The van der Waals surface area contributed by atoms with E-state index in [4.69, 9.17) is 4.18 Å². The van der Waals surface area contributed by atoms with Crippen LogP contribution in [-0.4, -0.2) is 10.8 Å². The van der Waals surface area contributed by atoms with Crippen molar-refractivity contribution in [2.24, 2.45) is 0 Å². The molecule has 2 nitrogen and oxygen atoms in total. The molecule has 0 unspecified atom stereocenters. The molecule has 1 atom stereocenters. The Morgan fingerprint density at radius 3 is 2.55 bits per heavy atom. The second-order valence-electron chi connectivity index (χ2n) is 4.09. The molecule has 0 aromatic heterocycles. The maximum Gasteiger partial charge on any atom is 0.190 e. The van der Waals surface area contributed by atoms with Gasteiger partial charge in [-0.25, -0.2) is 4.21 Å². The second kappa shape index (κ2) is 7.39. The smallest absolute Gasteiger partial charge is 0.190 e. The summed E-state index contributed by atoms with van der Waals surface area (Å²) in [6.07, 6.45) is 0. The van der Waals surface area contributed by atoms with Crippen LogP contribution in [0.3, 0.4) is 0 Å². The van der Waals surface area contributed by atoms with E-state index in [1.54, 1.807) is 12.1 Å². The van der Waals surface area contributed by atoms with Gasteiger partial charge in [-0.3, -0.25) is 4.18 Å². The van der Waals surface area contributed by atoms with Crippen molar-refractivity contribution in [1.82, 2.24) is 0 Å². The minimum absolute atomic E-state index is 0.127. The maximum atomic E-state index is 11.8. The molecule has 0 N–H and O–H groups in total. The first-order valence-electron chi connectivity index (χ1n) is 6.02. The van der Waals surface area contributed by atoms with Gasteiger partial charge in [0.1, 0.15) is 6.61 Å². The predicted molar refractivity (Wildman–Crippen MR) is 84.6 cm³/mol. The molecule has 20 heavy (non-hydrogen) atoms. The van der Waals surface area contributed by atoms with Crippen LogP contribution in [-0.2, 0) is 15.3 Å². The minimum atomic E-state index is -1.47. The van der Waals surface area contributed by atoms with E-state index in [9.17, 15) is 4.21 Å². The van der Waals surface area contributed by atoms with Crippen LogP contribution >= 0.6 is 15.9 Å². The molecule has 0 bridgehead atoms. The maximum absolute atomic E-state index is 11.8. The van der Waals surface area contributed by atoms with Crippen LogP contribution in [0.2, 0.25) is 0 Å². The first-order valence-corrected chi connectivity index (χ1v) is 7.89. The van der Waals surface area contributed by atoms with E-state index >= 15 is 0 Å². The number of hydrogen-bond donors (Lipinski definition) is 0. The fourth-order valence-electron chi connectivity index (χ4n) is 1.49. The third-order valence-corrected chi connectivity index (χ3v) is 4.23. The number of aryl methyl sites for hydroxylation is 1. The van der Waals surface area contributed by atoms with Gasteiger partial charge in [0.05, 0.1) is 4.90 Å². The molecule has 2 rings (SSSR count). The Bertz CT molecular complexity index is 669. The normalized spacial score (nSPS) is 11.5. The van der Waals surface area contributed by atoms with Gasteiger partial charge in [-0.05, 0) is 47.1 Å². The highest BCUT2D eigenvalue weighted by Gasteiger charge is 2.02. The highest BCUT2D eigenvalue weighted by molar-refractivity contribution is 9.10. The molecule has 0 aliphatic rings. The van der Waals surface area contributed by atoms with E-state index < -0.39 is 11.1 Å². The third-order valence-electron chi connectivity index (χ3n) is 2.55. The Morgan fingerprint density at radius 1 is 1.15 bits per heavy atom. The molecular formula is C16H13BrO2S. The van der Waals surface area contributed by atoms with Crippen LogP contribution in [0, 0.1) is 18.8 Å². The first kappa shape index (κ1) is 15.0. The Labute approximate surface area is 130 Å². The molecule has 0 heterocycles. The molecule has 0 amide bonds. The lowest BCUT2D eigenvalue weighted by Crippen LogP contribution is -1.98. The zero-order valence-electron chi connectivity index (χ0n) is 10.9. The summed E-state index contributed by atoms with van der Waals surface area (Å²) in [7, 11) is 0. The van der Waals surface area contributed by atoms with Crippen LogP contribution in [0.5, 0.6) is 0 Å². The monoisotopic (exact) mass is 348 g/mol. The number of rotatable bonds is 3.